The van der Waals surface area contributed by atoms with Crippen molar-refractivity contribution < 1.29 is 28.5 Å². The van der Waals surface area contributed by atoms with Crippen molar-refractivity contribution in [2.24, 2.45) is 11.8 Å². The van der Waals surface area contributed by atoms with Crippen LogP contribution in [0, 0.1) is 11.8 Å². The number of unbranched alkanes of at least 4 members (excludes halogenated alkanes) is 8. The lowest BCUT2D eigenvalue weighted by molar-refractivity contribution is -0.144. The Hall–Kier alpha value is -1.18. The number of carbonyl (C=O) groups is 2. The smallest absolute Gasteiger partial charge is 0.305 e. The monoisotopic (exact) mass is 513 g/mol. The first-order valence-corrected chi connectivity index (χ1v) is 14.5. The maximum Gasteiger partial charge on any atom is 0.305 e. The van der Waals surface area contributed by atoms with Gasteiger partial charge in [-0.1, -0.05) is 58.3 Å². The minimum absolute atomic E-state index is 0.0439. The molecule has 7 nitrogen and oxygen atoms in total. The molecule has 0 aromatic heterocycles. The zero-order valence-corrected chi connectivity index (χ0v) is 23.8. The molecule has 0 aromatic rings. The second-order valence-corrected chi connectivity index (χ2v) is 10.6. The first-order chi connectivity index (χ1) is 17.5. The SMILES string of the molecule is CCCCCCCCC1CC1COC(=O)CCCCCOCC(COCCCCC(=O)OC)N(C)C. The lowest BCUT2D eigenvalue weighted by Gasteiger charge is -2.24. The van der Waals surface area contributed by atoms with Gasteiger partial charge in [0.25, 0.3) is 0 Å². The van der Waals surface area contributed by atoms with Gasteiger partial charge in [-0.15, -0.1) is 0 Å². The van der Waals surface area contributed by atoms with Crippen LogP contribution in [0.2, 0.25) is 0 Å². The number of ether oxygens (including phenoxy) is 4. The van der Waals surface area contributed by atoms with Gasteiger partial charge in [0.1, 0.15) is 0 Å². The Labute approximate surface area is 220 Å². The first kappa shape index (κ1) is 32.8. The van der Waals surface area contributed by atoms with E-state index in [-0.39, 0.29) is 18.0 Å². The van der Waals surface area contributed by atoms with Gasteiger partial charge in [0.15, 0.2) is 0 Å². The number of likely N-dealkylation sites (N-methyl/N-ethyl adjacent to an activating group) is 1. The Morgan fingerprint density at radius 1 is 0.778 bits per heavy atom. The summed E-state index contributed by atoms with van der Waals surface area (Å²) in [6.07, 6.45) is 16.0. The molecule has 0 heterocycles. The van der Waals surface area contributed by atoms with Crippen molar-refractivity contribution in [3.63, 3.8) is 0 Å². The van der Waals surface area contributed by atoms with E-state index in [1.54, 1.807) is 0 Å². The normalized spacial score (nSPS) is 17.8. The topological polar surface area (TPSA) is 74.3 Å². The minimum Gasteiger partial charge on any atom is -0.469 e. The molecule has 1 saturated carbocycles. The molecule has 36 heavy (non-hydrogen) atoms. The van der Waals surface area contributed by atoms with Gasteiger partial charge in [-0.05, 0) is 58.0 Å². The van der Waals surface area contributed by atoms with Crippen molar-refractivity contribution in [3.05, 3.63) is 0 Å². The van der Waals surface area contributed by atoms with E-state index in [1.165, 1.54) is 58.5 Å². The largest absolute Gasteiger partial charge is 0.469 e. The van der Waals surface area contributed by atoms with Crippen molar-refractivity contribution in [1.29, 1.82) is 0 Å². The van der Waals surface area contributed by atoms with Gasteiger partial charge in [-0.2, -0.15) is 0 Å². The third kappa shape index (κ3) is 18.1. The molecule has 1 aliphatic carbocycles. The summed E-state index contributed by atoms with van der Waals surface area (Å²) in [6, 6.07) is 0.202. The van der Waals surface area contributed by atoms with E-state index in [0.29, 0.717) is 51.8 Å². The average Bonchev–Trinajstić information content (AvgIpc) is 3.62. The number of nitrogens with zero attached hydrogens (tertiary/aromatic N) is 1. The van der Waals surface area contributed by atoms with E-state index < -0.39 is 0 Å². The van der Waals surface area contributed by atoms with Crippen molar-refractivity contribution in [2.75, 3.05) is 54.2 Å². The van der Waals surface area contributed by atoms with E-state index in [2.05, 4.69) is 16.6 Å². The van der Waals surface area contributed by atoms with Gasteiger partial charge in [-0.3, -0.25) is 9.59 Å². The predicted molar refractivity (Wildman–Crippen MR) is 144 cm³/mol. The van der Waals surface area contributed by atoms with Crippen LogP contribution >= 0.6 is 0 Å². The van der Waals surface area contributed by atoms with E-state index >= 15 is 0 Å². The highest BCUT2D eigenvalue weighted by Gasteiger charge is 2.37. The molecule has 1 rings (SSSR count). The number of rotatable bonds is 25. The third-order valence-corrected chi connectivity index (χ3v) is 7.12. The van der Waals surface area contributed by atoms with Crippen molar-refractivity contribution in [3.8, 4) is 0 Å². The fourth-order valence-corrected chi connectivity index (χ4v) is 4.34. The average molecular weight is 514 g/mol. The first-order valence-electron chi connectivity index (χ1n) is 14.5. The fourth-order valence-electron chi connectivity index (χ4n) is 4.34. The summed E-state index contributed by atoms with van der Waals surface area (Å²) >= 11 is 0. The Bertz CT molecular complexity index is 556. The Balaban J connectivity index is 1.92. The van der Waals surface area contributed by atoms with Crippen LogP contribution < -0.4 is 0 Å². The van der Waals surface area contributed by atoms with Crippen molar-refractivity contribution in [1.82, 2.24) is 4.90 Å². The second-order valence-electron chi connectivity index (χ2n) is 10.6. The van der Waals surface area contributed by atoms with Gasteiger partial charge in [-0.25, -0.2) is 0 Å². The minimum atomic E-state index is -0.169. The molecular weight excluding hydrogens is 458 g/mol. The molecule has 1 fully saturated rings. The molecule has 0 radical (unpaired) electrons. The van der Waals surface area contributed by atoms with Crippen LogP contribution in [0.5, 0.6) is 0 Å². The summed E-state index contributed by atoms with van der Waals surface area (Å²) in [7, 11) is 5.47. The van der Waals surface area contributed by atoms with Crippen LogP contribution in [0.15, 0.2) is 0 Å². The molecule has 0 N–H and O–H groups in total. The fraction of sp³-hybridized carbons (Fsp3) is 0.931. The lowest BCUT2D eigenvalue weighted by atomic mass is 10.1. The third-order valence-electron chi connectivity index (χ3n) is 7.12. The van der Waals surface area contributed by atoms with E-state index in [9.17, 15) is 9.59 Å². The highest BCUT2D eigenvalue weighted by Crippen LogP contribution is 2.42. The standard InChI is InChI=1S/C29H55NO6/c1-5-6-7-8-9-11-16-25-21-26(25)22-36-29(32)18-12-10-14-19-34-23-27(30(2)3)24-35-20-15-13-17-28(31)33-4/h25-27H,5-24H2,1-4H3. The summed E-state index contributed by atoms with van der Waals surface area (Å²) in [5, 5.41) is 0. The van der Waals surface area contributed by atoms with Gasteiger partial charge < -0.3 is 23.8 Å². The summed E-state index contributed by atoms with van der Waals surface area (Å²) in [4.78, 5) is 25.2. The quantitative estimate of drug-likeness (QED) is 0.113. The second kappa shape index (κ2) is 21.9. The van der Waals surface area contributed by atoms with Gasteiger partial charge in [0.05, 0.1) is 33.0 Å². The molecule has 1 aliphatic rings. The molecule has 0 amide bonds. The molecule has 212 valence electrons. The molecule has 3 unspecified atom stereocenters. The number of hydrogen-bond acceptors (Lipinski definition) is 7. The van der Waals surface area contributed by atoms with Crippen LogP contribution in [0.4, 0.5) is 0 Å². The van der Waals surface area contributed by atoms with Crippen molar-refractivity contribution in [2.45, 2.75) is 109 Å². The van der Waals surface area contributed by atoms with E-state index in [0.717, 1.165) is 38.0 Å². The Kier molecular flexibility index (Phi) is 19.9. The number of hydrogen-bond donors (Lipinski definition) is 0. The number of esters is 2. The zero-order chi connectivity index (χ0) is 26.4. The molecule has 0 saturated heterocycles. The molecule has 0 spiro atoms. The maximum atomic E-state index is 12.0. The van der Waals surface area contributed by atoms with Crippen LogP contribution in [-0.2, 0) is 28.5 Å². The van der Waals surface area contributed by atoms with Crippen LogP contribution in [-0.4, -0.2) is 77.1 Å². The van der Waals surface area contributed by atoms with Crippen LogP contribution in [0.1, 0.15) is 103 Å². The van der Waals surface area contributed by atoms with Gasteiger partial charge >= 0.3 is 11.9 Å². The molecule has 0 bridgehead atoms. The predicted octanol–water partition coefficient (Wildman–Crippen LogP) is 5.78. The maximum absolute atomic E-state index is 12.0. The van der Waals surface area contributed by atoms with Gasteiger partial charge in [0.2, 0.25) is 0 Å². The summed E-state index contributed by atoms with van der Waals surface area (Å²) < 4.78 is 21.8. The summed E-state index contributed by atoms with van der Waals surface area (Å²) in [5.74, 6) is 1.20. The van der Waals surface area contributed by atoms with Gasteiger partial charge in [0, 0.05) is 26.1 Å². The van der Waals surface area contributed by atoms with Crippen molar-refractivity contribution >= 4 is 11.9 Å². The Morgan fingerprint density at radius 2 is 1.36 bits per heavy atom. The van der Waals surface area contributed by atoms with E-state index in [1.807, 2.05) is 14.1 Å². The molecule has 3 atom stereocenters. The molecule has 0 aliphatic heterocycles. The highest BCUT2D eigenvalue weighted by atomic mass is 16.5. The molecular formula is C29H55NO6. The van der Waals surface area contributed by atoms with Crippen LogP contribution in [0.3, 0.4) is 0 Å². The molecule has 7 heteroatoms. The number of methoxy groups -OCH3 is 1. The molecule has 0 aromatic carbocycles. The number of carbonyl (C=O) groups excluding carboxylic acids is 2. The van der Waals surface area contributed by atoms with Crippen LogP contribution in [0.25, 0.3) is 0 Å². The highest BCUT2D eigenvalue weighted by molar-refractivity contribution is 5.69. The van der Waals surface area contributed by atoms with E-state index in [4.69, 9.17) is 14.2 Å². The zero-order valence-electron chi connectivity index (χ0n) is 23.8. The summed E-state index contributed by atoms with van der Waals surface area (Å²) in [5.41, 5.74) is 0. The Morgan fingerprint density at radius 3 is 2.03 bits per heavy atom. The lowest BCUT2D eigenvalue weighted by Crippen LogP contribution is -2.37. The summed E-state index contributed by atoms with van der Waals surface area (Å²) in [6.45, 7) is 5.45.